The standard InChI is InChI=1S/C19H26N6O2/c1-25(2)9-4-10-27-19(21)23-12-14-5-3-6-16(11-14)24-18(26)17-8-7-15(20)13-22-17/h3,5-8,11,13H,4,9-10,12,20H2,1-2H3,(H2,21,23)(H,24,26). The lowest BCUT2D eigenvalue weighted by Crippen LogP contribution is -2.20. The molecule has 0 bridgehead atoms. The van der Waals surface area contributed by atoms with Gasteiger partial charge in [-0.15, -0.1) is 0 Å². The number of amidine groups is 1. The summed E-state index contributed by atoms with van der Waals surface area (Å²) in [5.41, 5.74) is 13.7. The SMILES string of the molecule is CN(C)CCCO/C(N)=N/Cc1cccc(NC(=O)c2ccc(N)cn2)c1. The number of aliphatic imine (C=N–C) groups is 1. The number of nitrogens with one attached hydrogen (secondary N) is 1. The van der Waals surface area contributed by atoms with E-state index in [4.69, 9.17) is 16.2 Å². The van der Waals surface area contributed by atoms with Gasteiger partial charge in [-0.3, -0.25) is 4.79 Å². The van der Waals surface area contributed by atoms with E-state index in [9.17, 15) is 4.79 Å². The van der Waals surface area contributed by atoms with E-state index in [1.807, 2.05) is 32.3 Å². The van der Waals surface area contributed by atoms with E-state index >= 15 is 0 Å². The highest BCUT2D eigenvalue weighted by molar-refractivity contribution is 6.02. The van der Waals surface area contributed by atoms with Crippen LogP contribution in [0.2, 0.25) is 0 Å². The largest absolute Gasteiger partial charge is 0.465 e. The number of ether oxygens (including phenoxy) is 1. The van der Waals surface area contributed by atoms with Crippen molar-refractivity contribution in [3.8, 4) is 0 Å². The van der Waals surface area contributed by atoms with Crippen molar-refractivity contribution < 1.29 is 9.53 Å². The zero-order valence-electron chi connectivity index (χ0n) is 15.7. The van der Waals surface area contributed by atoms with Gasteiger partial charge in [-0.25, -0.2) is 9.98 Å². The fraction of sp³-hybridized carbons (Fsp3) is 0.316. The van der Waals surface area contributed by atoms with Crippen LogP contribution in [0, 0.1) is 0 Å². The van der Waals surface area contributed by atoms with E-state index in [0.717, 1.165) is 18.5 Å². The fourth-order valence-corrected chi connectivity index (χ4v) is 2.25. The molecule has 0 aliphatic heterocycles. The first-order valence-electron chi connectivity index (χ1n) is 8.63. The van der Waals surface area contributed by atoms with Crippen LogP contribution in [0.3, 0.4) is 0 Å². The Morgan fingerprint density at radius 2 is 2.11 bits per heavy atom. The summed E-state index contributed by atoms with van der Waals surface area (Å²) in [7, 11) is 4.01. The van der Waals surface area contributed by atoms with Crippen molar-refractivity contribution in [3.63, 3.8) is 0 Å². The maximum Gasteiger partial charge on any atom is 0.282 e. The number of rotatable bonds is 8. The van der Waals surface area contributed by atoms with Crippen molar-refractivity contribution in [1.29, 1.82) is 0 Å². The highest BCUT2D eigenvalue weighted by atomic mass is 16.5. The van der Waals surface area contributed by atoms with E-state index < -0.39 is 0 Å². The van der Waals surface area contributed by atoms with E-state index in [0.29, 0.717) is 30.2 Å². The molecule has 0 saturated heterocycles. The summed E-state index contributed by atoms with van der Waals surface area (Å²) in [5.74, 6) is -0.306. The molecule has 1 aromatic carbocycles. The maximum absolute atomic E-state index is 12.2. The predicted molar refractivity (Wildman–Crippen MR) is 107 cm³/mol. The van der Waals surface area contributed by atoms with Crippen LogP contribution in [0.5, 0.6) is 0 Å². The molecule has 0 aliphatic carbocycles. The molecule has 0 radical (unpaired) electrons. The van der Waals surface area contributed by atoms with Gasteiger partial charge in [0.15, 0.2) is 0 Å². The summed E-state index contributed by atoms with van der Waals surface area (Å²) >= 11 is 0. The number of nitrogens with two attached hydrogens (primary N) is 2. The number of aromatic nitrogens is 1. The minimum Gasteiger partial charge on any atom is -0.465 e. The van der Waals surface area contributed by atoms with Gasteiger partial charge in [0, 0.05) is 12.2 Å². The Bertz CT molecular complexity index is 774. The van der Waals surface area contributed by atoms with Crippen molar-refractivity contribution in [1.82, 2.24) is 9.88 Å². The van der Waals surface area contributed by atoms with E-state index in [1.54, 1.807) is 18.2 Å². The molecule has 1 amide bonds. The van der Waals surface area contributed by atoms with Gasteiger partial charge >= 0.3 is 0 Å². The maximum atomic E-state index is 12.2. The first-order valence-corrected chi connectivity index (χ1v) is 8.63. The Balaban J connectivity index is 1.88. The Kier molecular flexibility index (Phi) is 7.57. The lowest BCUT2D eigenvalue weighted by Gasteiger charge is -2.10. The highest BCUT2D eigenvalue weighted by Crippen LogP contribution is 2.13. The second-order valence-electron chi connectivity index (χ2n) is 6.29. The van der Waals surface area contributed by atoms with Crippen LogP contribution in [0.4, 0.5) is 11.4 Å². The van der Waals surface area contributed by atoms with Crippen LogP contribution in [-0.2, 0) is 11.3 Å². The number of carbonyl (C=O) groups is 1. The Morgan fingerprint density at radius 1 is 1.30 bits per heavy atom. The number of carbonyl (C=O) groups excluding carboxylic acids is 1. The predicted octanol–water partition coefficient (Wildman–Crippen LogP) is 1.70. The molecule has 1 heterocycles. The molecule has 144 valence electrons. The van der Waals surface area contributed by atoms with E-state index in [1.165, 1.54) is 6.20 Å². The van der Waals surface area contributed by atoms with Crippen LogP contribution in [0.15, 0.2) is 47.6 Å². The molecule has 0 saturated carbocycles. The molecule has 2 aromatic rings. The lowest BCUT2D eigenvalue weighted by atomic mass is 10.2. The number of nitrogen functional groups attached to an aromatic ring is 1. The number of pyridine rings is 1. The number of amides is 1. The third-order valence-electron chi connectivity index (χ3n) is 3.62. The average molecular weight is 370 g/mol. The summed E-state index contributed by atoms with van der Waals surface area (Å²) in [6, 6.07) is 10.7. The first kappa shape index (κ1) is 20.2. The van der Waals surface area contributed by atoms with Crippen LogP contribution in [0.25, 0.3) is 0 Å². The summed E-state index contributed by atoms with van der Waals surface area (Å²) in [6.45, 7) is 1.82. The first-order chi connectivity index (χ1) is 12.9. The second-order valence-corrected chi connectivity index (χ2v) is 6.29. The zero-order chi connectivity index (χ0) is 19.6. The van der Waals surface area contributed by atoms with Crippen molar-refractivity contribution in [2.24, 2.45) is 10.7 Å². The molecule has 0 aliphatic rings. The molecular weight excluding hydrogens is 344 g/mol. The Hall–Kier alpha value is -3.13. The number of hydrogen-bond donors (Lipinski definition) is 3. The molecule has 0 unspecified atom stereocenters. The van der Waals surface area contributed by atoms with Gasteiger partial charge in [0.1, 0.15) is 5.69 Å². The van der Waals surface area contributed by atoms with Crippen molar-refractivity contribution in [3.05, 3.63) is 53.9 Å². The highest BCUT2D eigenvalue weighted by Gasteiger charge is 2.07. The van der Waals surface area contributed by atoms with E-state index in [-0.39, 0.29) is 11.9 Å². The molecule has 8 heteroatoms. The second kappa shape index (κ2) is 10.1. The Morgan fingerprint density at radius 3 is 2.81 bits per heavy atom. The van der Waals surface area contributed by atoms with Crippen LogP contribution < -0.4 is 16.8 Å². The quantitative estimate of drug-likeness (QED) is 0.370. The van der Waals surface area contributed by atoms with E-state index in [2.05, 4.69) is 20.2 Å². The molecule has 0 spiro atoms. The molecule has 1 aromatic heterocycles. The summed E-state index contributed by atoms with van der Waals surface area (Å²) in [6.07, 6.45) is 2.32. The van der Waals surface area contributed by atoms with Gasteiger partial charge in [-0.05, 0) is 50.3 Å². The van der Waals surface area contributed by atoms with Gasteiger partial charge in [0.25, 0.3) is 11.9 Å². The third-order valence-corrected chi connectivity index (χ3v) is 3.62. The van der Waals surface area contributed by atoms with Gasteiger partial charge in [-0.2, -0.15) is 0 Å². The minimum atomic E-state index is -0.306. The monoisotopic (exact) mass is 370 g/mol. The van der Waals surface area contributed by atoms with Crippen LogP contribution in [-0.4, -0.2) is 49.1 Å². The molecule has 27 heavy (non-hydrogen) atoms. The van der Waals surface area contributed by atoms with Gasteiger partial charge < -0.3 is 26.4 Å². The minimum absolute atomic E-state index is 0.161. The number of benzene rings is 1. The molecular formula is C19H26N6O2. The normalized spacial score (nSPS) is 11.4. The topological polar surface area (TPSA) is 119 Å². The molecule has 0 atom stereocenters. The molecule has 8 nitrogen and oxygen atoms in total. The Labute approximate surface area is 159 Å². The van der Waals surface area contributed by atoms with Gasteiger partial charge in [0.05, 0.1) is 25.0 Å². The smallest absolute Gasteiger partial charge is 0.282 e. The summed E-state index contributed by atoms with van der Waals surface area (Å²) < 4.78 is 5.39. The number of nitrogens with zero attached hydrogens (tertiary/aromatic N) is 3. The van der Waals surface area contributed by atoms with Gasteiger partial charge in [0.2, 0.25) is 0 Å². The van der Waals surface area contributed by atoms with Crippen molar-refractivity contribution >= 4 is 23.3 Å². The fourth-order valence-electron chi connectivity index (χ4n) is 2.25. The number of anilines is 2. The molecule has 0 fully saturated rings. The van der Waals surface area contributed by atoms with Crippen molar-refractivity contribution in [2.45, 2.75) is 13.0 Å². The third kappa shape index (κ3) is 7.33. The molecule has 5 N–H and O–H groups in total. The number of hydrogen-bond acceptors (Lipinski definition) is 6. The summed E-state index contributed by atoms with van der Waals surface area (Å²) in [4.78, 5) is 22.5. The lowest BCUT2D eigenvalue weighted by molar-refractivity contribution is 0.102. The van der Waals surface area contributed by atoms with Gasteiger partial charge in [-0.1, -0.05) is 12.1 Å². The van der Waals surface area contributed by atoms with Crippen molar-refractivity contribution in [2.75, 3.05) is 38.3 Å². The molecule has 2 rings (SSSR count). The average Bonchev–Trinajstić information content (AvgIpc) is 2.64. The summed E-state index contributed by atoms with van der Waals surface area (Å²) in [5, 5.41) is 2.80. The van der Waals surface area contributed by atoms with Crippen LogP contribution in [0.1, 0.15) is 22.5 Å². The van der Waals surface area contributed by atoms with Crippen LogP contribution >= 0.6 is 0 Å². The zero-order valence-corrected chi connectivity index (χ0v) is 15.7.